The summed E-state index contributed by atoms with van der Waals surface area (Å²) in [6.45, 7) is 0. The monoisotopic (exact) mass is 167 g/mol. The SMILES string of the molecule is COC(=O)OC1(N)CC1.Cl. The fraction of sp³-hybridized carbons (Fsp3) is 0.800. The van der Waals surface area contributed by atoms with Crippen molar-refractivity contribution in [2.45, 2.75) is 18.6 Å². The number of hydrogen-bond donors (Lipinski definition) is 1. The first-order chi connectivity index (χ1) is 4.16. The number of nitrogens with two attached hydrogens (primary N) is 1. The van der Waals surface area contributed by atoms with Crippen LogP contribution in [0.15, 0.2) is 0 Å². The summed E-state index contributed by atoms with van der Waals surface area (Å²) in [6, 6.07) is 0. The number of rotatable bonds is 1. The summed E-state index contributed by atoms with van der Waals surface area (Å²) in [5.74, 6) is 0. The Kier molecular flexibility index (Phi) is 2.93. The molecule has 0 atom stereocenters. The molecule has 0 bridgehead atoms. The Morgan fingerprint density at radius 1 is 1.60 bits per heavy atom. The third-order valence-electron chi connectivity index (χ3n) is 1.20. The van der Waals surface area contributed by atoms with Gasteiger partial charge in [-0.15, -0.1) is 12.4 Å². The van der Waals surface area contributed by atoms with Crippen LogP contribution in [0.25, 0.3) is 0 Å². The van der Waals surface area contributed by atoms with Gasteiger partial charge in [-0.25, -0.2) is 4.79 Å². The van der Waals surface area contributed by atoms with Crippen LogP contribution >= 0.6 is 12.4 Å². The van der Waals surface area contributed by atoms with Crippen LogP contribution in [-0.2, 0) is 9.47 Å². The van der Waals surface area contributed by atoms with Crippen molar-refractivity contribution in [2.75, 3.05) is 7.11 Å². The lowest BCUT2D eigenvalue weighted by Gasteiger charge is -2.07. The van der Waals surface area contributed by atoms with E-state index in [9.17, 15) is 4.79 Å². The highest BCUT2D eigenvalue weighted by Gasteiger charge is 2.43. The van der Waals surface area contributed by atoms with Gasteiger partial charge in [0.25, 0.3) is 0 Å². The quantitative estimate of drug-likeness (QED) is 0.460. The van der Waals surface area contributed by atoms with Gasteiger partial charge in [-0.2, -0.15) is 0 Å². The second kappa shape index (κ2) is 3.07. The lowest BCUT2D eigenvalue weighted by molar-refractivity contribution is 0.0282. The summed E-state index contributed by atoms with van der Waals surface area (Å²) < 4.78 is 8.84. The van der Waals surface area contributed by atoms with Gasteiger partial charge < -0.3 is 9.47 Å². The van der Waals surface area contributed by atoms with Crippen LogP contribution < -0.4 is 5.73 Å². The van der Waals surface area contributed by atoms with Crippen molar-refractivity contribution >= 4 is 18.6 Å². The summed E-state index contributed by atoms with van der Waals surface area (Å²) in [5.41, 5.74) is 4.70. The van der Waals surface area contributed by atoms with Crippen LogP contribution in [0.1, 0.15) is 12.8 Å². The van der Waals surface area contributed by atoms with Gasteiger partial charge >= 0.3 is 6.16 Å². The first-order valence-electron chi connectivity index (χ1n) is 2.72. The summed E-state index contributed by atoms with van der Waals surface area (Å²) in [5, 5.41) is 0. The van der Waals surface area contributed by atoms with Gasteiger partial charge in [0.15, 0.2) is 5.72 Å². The van der Waals surface area contributed by atoms with E-state index in [0.717, 1.165) is 12.8 Å². The molecule has 0 aromatic carbocycles. The van der Waals surface area contributed by atoms with Gasteiger partial charge in [-0.05, 0) is 0 Å². The molecular formula is C5H10ClNO3. The molecule has 0 radical (unpaired) electrons. The maximum absolute atomic E-state index is 10.3. The van der Waals surface area contributed by atoms with Gasteiger partial charge in [0, 0.05) is 12.8 Å². The molecule has 1 aliphatic rings. The molecule has 60 valence electrons. The minimum Gasteiger partial charge on any atom is -0.438 e. The Balaban J connectivity index is 0.000000810. The third kappa shape index (κ3) is 2.41. The molecule has 1 fully saturated rings. The van der Waals surface area contributed by atoms with Gasteiger partial charge in [0.05, 0.1) is 7.11 Å². The molecule has 0 spiro atoms. The van der Waals surface area contributed by atoms with E-state index in [2.05, 4.69) is 9.47 Å². The first kappa shape index (κ1) is 9.52. The highest BCUT2D eigenvalue weighted by molar-refractivity contribution is 5.85. The summed E-state index contributed by atoms with van der Waals surface area (Å²) in [4.78, 5) is 10.3. The second-order valence-corrected chi connectivity index (χ2v) is 2.12. The molecule has 0 amide bonds. The lowest BCUT2D eigenvalue weighted by Crippen LogP contribution is -2.28. The average Bonchev–Trinajstić information content (AvgIpc) is 2.48. The first-order valence-corrected chi connectivity index (χ1v) is 2.72. The maximum Gasteiger partial charge on any atom is 0.509 e. The molecular weight excluding hydrogens is 158 g/mol. The lowest BCUT2D eigenvalue weighted by atomic mass is 10.6. The van der Waals surface area contributed by atoms with Crippen molar-refractivity contribution in [3.05, 3.63) is 0 Å². The van der Waals surface area contributed by atoms with Gasteiger partial charge in [-0.3, -0.25) is 5.73 Å². The zero-order valence-electron chi connectivity index (χ0n) is 5.62. The smallest absolute Gasteiger partial charge is 0.438 e. The van der Waals surface area contributed by atoms with Crippen molar-refractivity contribution in [1.29, 1.82) is 0 Å². The molecule has 2 N–H and O–H groups in total. The Bertz CT molecular complexity index is 135. The van der Waals surface area contributed by atoms with E-state index < -0.39 is 11.9 Å². The molecule has 0 unspecified atom stereocenters. The fourth-order valence-electron chi connectivity index (χ4n) is 0.433. The number of hydrogen-bond acceptors (Lipinski definition) is 4. The standard InChI is InChI=1S/C5H9NO3.ClH/c1-8-4(7)9-5(6)2-3-5;/h2-3,6H2,1H3;1H. The molecule has 4 nitrogen and oxygen atoms in total. The van der Waals surface area contributed by atoms with E-state index in [1.54, 1.807) is 0 Å². The summed E-state index contributed by atoms with van der Waals surface area (Å²) in [7, 11) is 1.26. The van der Waals surface area contributed by atoms with Crippen LogP contribution in [-0.4, -0.2) is 19.0 Å². The van der Waals surface area contributed by atoms with Crippen LogP contribution in [0.3, 0.4) is 0 Å². The highest BCUT2D eigenvalue weighted by atomic mass is 35.5. The van der Waals surface area contributed by atoms with Gasteiger partial charge in [0.1, 0.15) is 0 Å². The Hall–Kier alpha value is -0.480. The Morgan fingerprint density at radius 3 is 2.40 bits per heavy atom. The zero-order valence-corrected chi connectivity index (χ0v) is 6.44. The van der Waals surface area contributed by atoms with E-state index in [1.807, 2.05) is 0 Å². The minimum atomic E-state index is -0.701. The Morgan fingerprint density at radius 2 is 2.10 bits per heavy atom. The summed E-state index contributed by atoms with van der Waals surface area (Å²) >= 11 is 0. The van der Waals surface area contributed by atoms with Crippen molar-refractivity contribution in [2.24, 2.45) is 5.73 Å². The highest BCUT2D eigenvalue weighted by Crippen LogP contribution is 2.33. The normalized spacial score (nSPS) is 18.6. The minimum absolute atomic E-state index is 0. The topological polar surface area (TPSA) is 61.5 Å². The van der Waals surface area contributed by atoms with Crippen LogP contribution in [0.2, 0.25) is 0 Å². The van der Waals surface area contributed by atoms with E-state index in [-0.39, 0.29) is 12.4 Å². The van der Waals surface area contributed by atoms with Crippen LogP contribution in [0.5, 0.6) is 0 Å². The van der Waals surface area contributed by atoms with Gasteiger partial charge in [0.2, 0.25) is 0 Å². The fourth-order valence-corrected chi connectivity index (χ4v) is 0.433. The van der Waals surface area contributed by atoms with Crippen LogP contribution in [0.4, 0.5) is 4.79 Å². The molecule has 0 saturated heterocycles. The Labute approximate surface area is 65.1 Å². The number of methoxy groups -OCH3 is 1. The van der Waals surface area contributed by atoms with Crippen molar-refractivity contribution in [3.63, 3.8) is 0 Å². The predicted octanol–water partition coefficient (Wildman–Crippen LogP) is 0.640. The second-order valence-electron chi connectivity index (χ2n) is 2.12. The third-order valence-corrected chi connectivity index (χ3v) is 1.20. The molecule has 1 rings (SSSR count). The maximum atomic E-state index is 10.3. The van der Waals surface area contributed by atoms with E-state index in [0.29, 0.717) is 0 Å². The average molecular weight is 168 g/mol. The van der Waals surface area contributed by atoms with Crippen molar-refractivity contribution < 1.29 is 14.3 Å². The zero-order chi connectivity index (χ0) is 6.91. The molecule has 0 heterocycles. The predicted molar refractivity (Wildman–Crippen MR) is 36.9 cm³/mol. The number of ether oxygens (including phenoxy) is 2. The number of halogens is 1. The summed E-state index contributed by atoms with van der Waals surface area (Å²) in [6.07, 6.45) is 0.777. The van der Waals surface area contributed by atoms with Crippen molar-refractivity contribution in [3.8, 4) is 0 Å². The van der Waals surface area contributed by atoms with Crippen molar-refractivity contribution in [1.82, 2.24) is 0 Å². The number of carbonyl (C=O) groups excluding carboxylic acids is 1. The van der Waals surface area contributed by atoms with Gasteiger partial charge in [-0.1, -0.05) is 0 Å². The number of carbonyl (C=O) groups is 1. The van der Waals surface area contributed by atoms with E-state index in [4.69, 9.17) is 5.73 Å². The van der Waals surface area contributed by atoms with Crippen LogP contribution in [0, 0.1) is 0 Å². The molecule has 1 saturated carbocycles. The molecule has 0 aromatic rings. The van der Waals surface area contributed by atoms with E-state index in [1.165, 1.54) is 7.11 Å². The molecule has 5 heteroatoms. The van der Waals surface area contributed by atoms with E-state index >= 15 is 0 Å². The molecule has 10 heavy (non-hydrogen) atoms. The largest absolute Gasteiger partial charge is 0.509 e. The molecule has 0 aromatic heterocycles. The molecule has 1 aliphatic carbocycles. The molecule has 0 aliphatic heterocycles.